The van der Waals surface area contributed by atoms with Crippen LogP contribution < -0.4 is 10.6 Å². The molecule has 1 aromatic rings. The molecule has 23 heavy (non-hydrogen) atoms. The van der Waals surface area contributed by atoms with Crippen molar-refractivity contribution in [3.05, 3.63) is 23.2 Å². The fourth-order valence-corrected chi connectivity index (χ4v) is 2.30. The van der Waals surface area contributed by atoms with Crippen molar-refractivity contribution >= 4 is 29.9 Å². The third kappa shape index (κ3) is 7.56. The molecule has 0 amide bonds. The van der Waals surface area contributed by atoms with Crippen molar-refractivity contribution in [2.75, 3.05) is 19.6 Å². The fraction of sp³-hybridized carbons (Fsp3) is 0.706. The second-order valence-corrected chi connectivity index (χ2v) is 6.41. The van der Waals surface area contributed by atoms with Crippen LogP contribution in [0.5, 0.6) is 0 Å². The van der Waals surface area contributed by atoms with E-state index in [1.807, 2.05) is 26.8 Å². The number of halogens is 1. The first-order valence-corrected chi connectivity index (χ1v) is 8.08. The van der Waals surface area contributed by atoms with Crippen molar-refractivity contribution in [2.45, 2.75) is 53.6 Å². The van der Waals surface area contributed by atoms with Crippen LogP contribution in [0.4, 0.5) is 0 Å². The lowest BCUT2D eigenvalue weighted by Gasteiger charge is -2.21. The summed E-state index contributed by atoms with van der Waals surface area (Å²) in [7, 11) is 0. The Hall–Kier alpha value is -0.760. The molecule has 0 aliphatic carbocycles. The van der Waals surface area contributed by atoms with E-state index in [1.54, 1.807) is 6.92 Å². The average molecular weight is 437 g/mol. The highest BCUT2D eigenvalue weighted by molar-refractivity contribution is 14.0. The van der Waals surface area contributed by atoms with Gasteiger partial charge >= 0.3 is 0 Å². The van der Waals surface area contributed by atoms with Gasteiger partial charge in [0.2, 0.25) is 0 Å². The summed E-state index contributed by atoms with van der Waals surface area (Å²) in [6.45, 7) is 13.9. The molecular formula is C17H32IN3O2. The molecule has 0 bridgehead atoms. The number of aliphatic hydroxyl groups is 1. The number of nitrogens with zero attached hydrogens (tertiary/aromatic N) is 1. The Balaban J connectivity index is 0.00000484. The minimum Gasteiger partial charge on any atom is -0.466 e. The van der Waals surface area contributed by atoms with Gasteiger partial charge in [-0.05, 0) is 46.1 Å². The van der Waals surface area contributed by atoms with Gasteiger partial charge in [-0.1, -0.05) is 13.8 Å². The average Bonchev–Trinajstić information content (AvgIpc) is 2.75. The second kappa shape index (κ2) is 10.2. The summed E-state index contributed by atoms with van der Waals surface area (Å²) >= 11 is 0. The van der Waals surface area contributed by atoms with Crippen molar-refractivity contribution in [2.24, 2.45) is 10.9 Å². The van der Waals surface area contributed by atoms with E-state index >= 15 is 0 Å². The summed E-state index contributed by atoms with van der Waals surface area (Å²) < 4.78 is 5.51. The predicted molar refractivity (Wildman–Crippen MR) is 107 cm³/mol. The van der Waals surface area contributed by atoms with Gasteiger partial charge in [0.25, 0.3) is 0 Å². The lowest BCUT2D eigenvalue weighted by Crippen LogP contribution is -2.39. The Kier molecular flexibility index (Phi) is 9.84. The van der Waals surface area contributed by atoms with Gasteiger partial charge in [0.15, 0.2) is 5.96 Å². The van der Waals surface area contributed by atoms with E-state index in [2.05, 4.69) is 29.5 Å². The Morgan fingerprint density at radius 1 is 1.35 bits per heavy atom. The Bertz CT molecular complexity index is 496. The van der Waals surface area contributed by atoms with Crippen molar-refractivity contribution in [1.82, 2.24) is 10.6 Å². The van der Waals surface area contributed by atoms with Crippen LogP contribution in [0.3, 0.4) is 0 Å². The minimum atomic E-state index is -1.04. The molecule has 1 heterocycles. The molecule has 1 atom stereocenters. The monoisotopic (exact) mass is 437 g/mol. The molecule has 0 fully saturated rings. The molecule has 3 N–H and O–H groups in total. The van der Waals surface area contributed by atoms with E-state index in [4.69, 9.17) is 4.42 Å². The highest BCUT2D eigenvalue weighted by Gasteiger charge is 2.27. The Morgan fingerprint density at radius 2 is 2.00 bits per heavy atom. The van der Waals surface area contributed by atoms with Crippen LogP contribution in [0.15, 0.2) is 15.5 Å². The van der Waals surface area contributed by atoms with Gasteiger partial charge in [0, 0.05) is 18.7 Å². The van der Waals surface area contributed by atoms with Crippen molar-refractivity contribution in [3.63, 3.8) is 0 Å². The second-order valence-electron chi connectivity index (χ2n) is 6.41. The first-order valence-electron chi connectivity index (χ1n) is 8.08. The van der Waals surface area contributed by atoms with Gasteiger partial charge in [-0.3, -0.25) is 0 Å². The third-order valence-corrected chi connectivity index (χ3v) is 3.52. The standard InChI is InChI=1S/C17H31N3O2.HI/c1-7-18-16(19-9-8-12(2)3)20-11-17(6,21)15-10-13(4)22-14(15)5;/h10,12,21H,7-9,11H2,1-6H3,(H2,18,19,20);1H. The molecule has 0 aliphatic rings. The molecule has 0 aromatic carbocycles. The molecular weight excluding hydrogens is 405 g/mol. The van der Waals surface area contributed by atoms with Crippen molar-refractivity contribution < 1.29 is 9.52 Å². The van der Waals surface area contributed by atoms with Gasteiger partial charge in [0.1, 0.15) is 17.1 Å². The maximum absolute atomic E-state index is 10.7. The Labute approximate surface area is 157 Å². The topological polar surface area (TPSA) is 69.8 Å². The molecule has 0 spiro atoms. The van der Waals surface area contributed by atoms with E-state index in [1.165, 1.54) is 0 Å². The van der Waals surface area contributed by atoms with Gasteiger partial charge in [-0.15, -0.1) is 24.0 Å². The van der Waals surface area contributed by atoms with Crippen molar-refractivity contribution in [3.8, 4) is 0 Å². The summed E-state index contributed by atoms with van der Waals surface area (Å²) in [6, 6.07) is 1.88. The maximum Gasteiger partial charge on any atom is 0.191 e. The van der Waals surface area contributed by atoms with Crippen LogP contribution >= 0.6 is 24.0 Å². The molecule has 0 aliphatic heterocycles. The number of rotatable bonds is 7. The number of hydrogen-bond donors (Lipinski definition) is 3. The first kappa shape index (κ1) is 22.2. The zero-order valence-corrected chi connectivity index (χ0v) is 17.5. The summed E-state index contributed by atoms with van der Waals surface area (Å²) in [5.41, 5.74) is -0.241. The number of guanidine groups is 1. The van der Waals surface area contributed by atoms with Crippen LogP contribution in [-0.2, 0) is 5.60 Å². The molecule has 0 saturated carbocycles. The van der Waals surface area contributed by atoms with E-state index < -0.39 is 5.60 Å². The predicted octanol–water partition coefficient (Wildman–Crippen LogP) is 3.32. The number of hydrogen-bond acceptors (Lipinski definition) is 3. The highest BCUT2D eigenvalue weighted by atomic mass is 127. The van der Waals surface area contributed by atoms with Gasteiger partial charge < -0.3 is 20.2 Å². The van der Waals surface area contributed by atoms with Gasteiger partial charge in [0.05, 0.1) is 6.54 Å². The highest BCUT2D eigenvalue weighted by Crippen LogP contribution is 2.27. The minimum absolute atomic E-state index is 0. The SMILES string of the molecule is CCNC(=NCC(C)(O)c1cc(C)oc1C)NCCC(C)C.I. The normalized spacial score (nSPS) is 14.3. The molecule has 1 unspecified atom stereocenters. The smallest absolute Gasteiger partial charge is 0.191 e. The Morgan fingerprint density at radius 3 is 2.48 bits per heavy atom. The molecule has 6 heteroatoms. The summed E-state index contributed by atoms with van der Waals surface area (Å²) in [6.07, 6.45) is 1.08. The maximum atomic E-state index is 10.7. The van der Waals surface area contributed by atoms with E-state index in [0.29, 0.717) is 5.92 Å². The lowest BCUT2D eigenvalue weighted by atomic mass is 9.96. The van der Waals surface area contributed by atoms with Crippen LogP contribution in [0, 0.1) is 19.8 Å². The van der Waals surface area contributed by atoms with Gasteiger partial charge in [-0.25, -0.2) is 4.99 Å². The number of aliphatic imine (C=N–C) groups is 1. The summed E-state index contributed by atoms with van der Waals surface area (Å²) in [5, 5.41) is 17.2. The van der Waals surface area contributed by atoms with Crippen LogP contribution in [0.1, 0.15) is 51.2 Å². The van der Waals surface area contributed by atoms with Crippen molar-refractivity contribution in [1.29, 1.82) is 0 Å². The molecule has 1 rings (SSSR count). The number of nitrogens with one attached hydrogen (secondary N) is 2. The fourth-order valence-electron chi connectivity index (χ4n) is 2.30. The van der Waals surface area contributed by atoms with E-state index in [9.17, 15) is 5.11 Å². The molecule has 134 valence electrons. The summed E-state index contributed by atoms with van der Waals surface area (Å²) in [4.78, 5) is 4.51. The van der Waals surface area contributed by atoms with Gasteiger partial charge in [-0.2, -0.15) is 0 Å². The number of furan rings is 1. The van der Waals surface area contributed by atoms with E-state index in [0.717, 1.165) is 42.6 Å². The zero-order chi connectivity index (χ0) is 16.8. The molecule has 0 radical (unpaired) electrons. The molecule has 1 aromatic heterocycles. The van der Waals surface area contributed by atoms with E-state index in [-0.39, 0.29) is 30.5 Å². The third-order valence-electron chi connectivity index (χ3n) is 3.52. The van der Waals surface area contributed by atoms with Crippen LogP contribution in [0.25, 0.3) is 0 Å². The molecule has 5 nitrogen and oxygen atoms in total. The largest absolute Gasteiger partial charge is 0.466 e. The molecule has 0 saturated heterocycles. The summed E-state index contributed by atoms with van der Waals surface area (Å²) in [5.74, 6) is 2.94. The quantitative estimate of drug-likeness (QED) is 0.348. The van der Waals surface area contributed by atoms with Crippen LogP contribution in [-0.4, -0.2) is 30.7 Å². The van der Waals surface area contributed by atoms with Crippen LogP contribution in [0.2, 0.25) is 0 Å². The lowest BCUT2D eigenvalue weighted by molar-refractivity contribution is 0.0657. The zero-order valence-electron chi connectivity index (χ0n) is 15.2. The first-order chi connectivity index (χ1) is 10.3. The number of aryl methyl sites for hydroxylation is 2.